The Balaban J connectivity index is 1.84. The van der Waals surface area contributed by atoms with Crippen molar-refractivity contribution in [2.45, 2.75) is 19.5 Å². The van der Waals surface area contributed by atoms with Crippen molar-refractivity contribution in [1.29, 1.82) is 0 Å². The Bertz CT molecular complexity index is 578. The smallest absolute Gasteiger partial charge is 0.124 e. The number of rotatable bonds is 2. The zero-order valence-electron chi connectivity index (χ0n) is 11.8. The third-order valence-electron chi connectivity index (χ3n) is 3.74. The van der Waals surface area contributed by atoms with E-state index in [1.165, 1.54) is 16.8 Å². The van der Waals surface area contributed by atoms with E-state index in [0.717, 1.165) is 18.8 Å². The molecule has 0 spiro atoms. The van der Waals surface area contributed by atoms with Crippen LogP contribution in [0.15, 0.2) is 48.5 Å². The van der Waals surface area contributed by atoms with Gasteiger partial charge in [-0.25, -0.2) is 0 Å². The number of nitrogens with two attached hydrogens (primary N) is 1. The molecule has 0 amide bonds. The molecule has 20 heavy (non-hydrogen) atoms. The van der Waals surface area contributed by atoms with Crippen molar-refractivity contribution in [1.82, 2.24) is 0 Å². The van der Waals surface area contributed by atoms with Crippen LogP contribution in [0.3, 0.4) is 0 Å². The van der Waals surface area contributed by atoms with Gasteiger partial charge in [-0.15, -0.1) is 0 Å². The minimum absolute atomic E-state index is 0.0808. The summed E-state index contributed by atoms with van der Waals surface area (Å²) in [6.45, 7) is 4.50. The molecule has 0 saturated heterocycles. The average molecular weight is 268 g/mol. The first-order chi connectivity index (χ1) is 9.74. The molecule has 1 unspecified atom stereocenters. The molecule has 1 aliphatic heterocycles. The lowest BCUT2D eigenvalue weighted by Gasteiger charge is -2.22. The molecule has 2 aromatic carbocycles. The second-order valence-corrected chi connectivity index (χ2v) is 5.26. The molecule has 0 radical (unpaired) electrons. The minimum atomic E-state index is 0.0808. The fourth-order valence-corrected chi connectivity index (χ4v) is 2.53. The highest BCUT2D eigenvalue weighted by Crippen LogP contribution is 2.26. The van der Waals surface area contributed by atoms with Gasteiger partial charge in [-0.05, 0) is 30.7 Å². The summed E-state index contributed by atoms with van der Waals surface area (Å²) in [5.41, 5.74) is 9.52. The maximum Gasteiger partial charge on any atom is 0.124 e. The van der Waals surface area contributed by atoms with Crippen molar-refractivity contribution in [2.75, 3.05) is 18.1 Å². The molecular weight excluding hydrogens is 248 g/mol. The molecular formula is C17H20N2O. The normalized spacial score (nSPS) is 16.0. The highest BCUT2D eigenvalue weighted by molar-refractivity contribution is 5.50. The van der Waals surface area contributed by atoms with Crippen LogP contribution in [0.5, 0.6) is 5.75 Å². The van der Waals surface area contributed by atoms with E-state index in [0.29, 0.717) is 6.61 Å². The summed E-state index contributed by atoms with van der Waals surface area (Å²) >= 11 is 0. The lowest BCUT2D eigenvalue weighted by Crippen LogP contribution is -2.25. The van der Waals surface area contributed by atoms with Gasteiger partial charge in [0, 0.05) is 23.8 Å². The van der Waals surface area contributed by atoms with Crippen LogP contribution in [0.1, 0.15) is 24.1 Å². The van der Waals surface area contributed by atoms with Crippen LogP contribution < -0.4 is 15.4 Å². The summed E-state index contributed by atoms with van der Waals surface area (Å²) in [6, 6.07) is 16.8. The van der Waals surface area contributed by atoms with E-state index in [1.807, 2.05) is 19.1 Å². The molecule has 3 nitrogen and oxygen atoms in total. The number of hydrogen-bond donors (Lipinski definition) is 1. The van der Waals surface area contributed by atoms with Gasteiger partial charge in [-0.2, -0.15) is 0 Å². The second kappa shape index (κ2) is 5.55. The quantitative estimate of drug-likeness (QED) is 0.909. The van der Waals surface area contributed by atoms with Gasteiger partial charge in [0.15, 0.2) is 0 Å². The Kier molecular flexibility index (Phi) is 3.61. The average Bonchev–Trinajstić information content (AvgIpc) is 2.69. The highest BCUT2D eigenvalue weighted by atomic mass is 16.5. The first kappa shape index (κ1) is 13.0. The molecule has 1 heterocycles. The maximum absolute atomic E-state index is 5.90. The van der Waals surface area contributed by atoms with E-state index in [9.17, 15) is 0 Å². The van der Waals surface area contributed by atoms with Crippen molar-refractivity contribution >= 4 is 5.69 Å². The Hall–Kier alpha value is -2.00. The SMILES string of the molecule is CC(N)c1ccc(N2CCOc3ccccc3C2)cc1. The molecule has 104 valence electrons. The van der Waals surface area contributed by atoms with Crippen LogP contribution in [-0.4, -0.2) is 13.2 Å². The van der Waals surface area contributed by atoms with E-state index < -0.39 is 0 Å². The van der Waals surface area contributed by atoms with Gasteiger partial charge in [0.2, 0.25) is 0 Å². The Morgan fingerprint density at radius 1 is 1.10 bits per heavy atom. The largest absolute Gasteiger partial charge is 0.491 e. The van der Waals surface area contributed by atoms with Crippen molar-refractivity contribution in [3.63, 3.8) is 0 Å². The zero-order chi connectivity index (χ0) is 13.9. The van der Waals surface area contributed by atoms with Gasteiger partial charge in [-0.3, -0.25) is 0 Å². The Morgan fingerprint density at radius 2 is 1.85 bits per heavy atom. The lowest BCUT2D eigenvalue weighted by atomic mass is 10.1. The molecule has 0 fully saturated rings. The molecule has 1 aliphatic rings. The molecule has 0 aliphatic carbocycles. The van der Waals surface area contributed by atoms with E-state index in [2.05, 4.69) is 41.3 Å². The number of fused-ring (bicyclic) bond motifs is 1. The predicted molar refractivity (Wildman–Crippen MR) is 82.0 cm³/mol. The van der Waals surface area contributed by atoms with Crippen molar-refractivity contribution < 1.29 is 4.74 Å². The molecule has 0 aromatic heterocycles. The first-order valence-electron chi connectivity index (χ1n) is 7.05. The highest BCUT2D eigenvalue weighted by Gasteiger charge is 2.15. The first-order valence-corrected chi connectivity index (χ1v) is 7.05. The molecule has 3 rings (SSSR count). The molecule has 2 aromatic rings. The summed E-state index contributed by atoms with van der Waals surface area (Å²) in [7, 11) is 0. The summed E-state index contributed by atoms with van der Waals surface area (Å²) in [6.07, 6.45) is 0. The molecule has 3 heteroatoms. The van der Waals surface area contributed by atoms with Crippen molar-refractivity contribution in [3.8, 4) is 5.75 Å². The maximum atomic E-state index is 5.90. The summed E-state index contributed by atoms with van der Waals surface area (Å²) in [5.74, 6) is 1.00. The number of benzene rings is 2. The van der Waals surface area contributed by atoms with Crippen LogP contribution in [0, 0.1) is 0 Å². The van der Waals surface area contributed by atoms with Gasteiger partial charge in [-0.1, -0.05) is 30.3 Å². The van der Waals surface area contributed by atoms with Gasteiger partial charge in [0.05, 0.1) is 6.54 Å². The third-order valence-corrected chi connectivity index (χ3v) is 3.74. The van der Waals surface area contributed by atoms with E-state index in [-0.39, 0.29) is 6.04 Å². The fourth-order valence-electron chi connectivity index (χ4n) is 2.53. The number of ether oxygens (including phenoxy) is 1. The van der Waals surface area contributed by atoms with Crippen LogP contribution in [0.25, 0.3) is 0 Å². The van der Waals surface area contributed by atoms with Crippen LogP contribution in [0.4, 0.5) is 5.69 Å². The van der Waals surface area contributed by atoms with Crippen molar-refractivity contribution in [3.05, 3.63) is 59.7 Å². The standard InChI is InChI=1S/C17H20N2O/c1-13(18)14-6-8-16(9-7-14)19-10-11-20-17-5-3-2-4-15(17)12-19/h2-9,13H,10-12,18H2,1H3. The predicted octanol–water partition coefficient (Wildman–Crippen LogP) is 3.11. The van der Waals surface area contributed by atoms with Crippen molar-refractivity contribution in [2.24, 2.45) is 5.73 Å². The molecule has 2 N–H and O–H groups in total. The van der Waals surface area contributed by atoms with Crippen LogP contribution >= 0.6 is 0 Å². The molecule has 0 saturated carbocycles. The summed E-state index contributed by atoms with van der Waals surface area (Å²) < 4.78 is 5.80. The van der Waals surface area contributed by atoms with E-state index in [1.54, 1.807) is 0 Å². The van der Waals surface area contributed by atoms with Gasteiger partial charge < -0.3 is 15.4 Å². The van der Waals surface area contributed by atoms with Crippen LogP contribution in [-0.2, 0) is 6.54 Å². The number of hydrogen-bond acceptors (Lipinski definition) is 3. The molecule has 1 atom stereocenters. The van der Waals surface area contributed by atoms with E-state index >= 15 is 0 Å². The summed E-state index contributed by atoms with van der Waals surface area (Å²) in [4.78, 5) is 2.34. The second-order valence-electron chi connectivity index (χ2n) is 5.26. The monoisotopic (exact) mass is 268 g/mol. The minimum Gasteiger partial charge on any atom is -0.491 e. The van der Waals surface area contributed by atoms with Gasteiger partial charge in [0.1, 0.15) is 12.4 Å². The number of para-hydroxylation sites is 1. The number of nitrogens with zero attached hydrogens (tertiary/aromatic N) is 1. The summed E-state index contributed by atoms with van der Waals surface area (Å²) in [5, 5.41) is 0. The Labute approximate surface area is 120 Å². The molecule has 0 bridgehead atoms. The third kappa shape index (κ3) is 2.63. The van der Waals surface area contributed by atoms with E-state index in [4.69, 9.17) is 10.5 Å². The van der Waals surface area contributed by atoms with Gasteiger partial charge >= 0.3 is 0 Å². The Morgan fingerprint density at radius 3 is 2.60 bits per heavy atom. The topological polar surface area (TPSA) is 38.5 Å². The zero-order valence-corrected chi connectivity index (χ0v) is 11.8. The van der Waals surface area contributed by atoms with Crippen LogP contribution in [0.2, 0.25) is 0 Å². The fraction of sp³-hybridized carbons (Fsp3) is 0.294. The number of anilines is 1. The van der Waals surface area contributed by atoms with Gasteiger partial charge in [0.25, 0.3) is 0 Å². The lowest BCUT2D eigenvalue weighted by molar-refractivity contribution is 0.331.